The molecule has 4 heterocycles. The molecule has 0 aliphatic heterocycles. The van der Waals surface area contributed by atoms with Gasteiger partial charge in [-0.05, 0) is 42.5 Å². The van der Waals surface area contributed by atoms with Crippen molar-refractivity contribution < 1.29 is 0 Å². The molecule has 0 aliphatic rings. The molecule has 0 amide bonds. The first-order valence-electron chi connectivity index (χ1n) is 19.1. The number of benzene rings is 8. The molecule has 0 unspecified atom stereocenters. The minimum absolute atomic E-state index is 0.649. The zero-order valence-corrected chi connectivity index (χ0v) is 31.4. The third-order valence-corrected chi connectivity index (χ3v) is 12.3. The Morgan fingerprint density at radius 2 is 0.772 bits per heavy atom. The molecule has 12 aromatic rings. The van der Waals surface area contributed by atoms with Gasteiger partial charge in [-0.15, -0.1) is 11.3 Å². The van der Waals surface area contributed by atoms with E-state index in [9.17, 15) is 0 Å². The lowest BCUT2D eigenvalue weighted by atomic mass is 10.1. The van der Waals surface area contributed by atoms with E-state index < -0.39 is 0 Å². The molecule has 0 fully saturated rings. The summed E-state index contributed by atoms with van der Waals surface area (Å²) in [6, 6.07) is 66.8. The van der Waals surface area contributed by atoms with Gasteiger partial charge in [-0.1, -0.05) is 146 Å². The highest BCUT2D eigenvalue weighted by atomic mass is 32.1. The van der Waals surface area contributed by atoms with E-state index in [2.05, 4.69) is 137 Å². The average molecular weight is 746 g/mol. The summed E-state index contributed by atoms with van der Waals surface area (Å²) in [6.07, 6.45) is 0. The van der Waals surface area contributed by atoms with E-state index in [0.717, 1.165) is 28.1 Å². The van der Waals surface area contributed by atoms with E-state index in [4.69, 9.17) is 15.0 Å². The standard InChI is InChI=1S/C51H31N5S/c1-3-15-32(16-4-1)49-52-50(33-17-5-2-6-18-33)54-51(53-49)34-27-28-40-46(29-34)57-47-31-35(55-41-23-11-7-19-36(41)37-20-8-12-24-42(37)55)30-45(48(40)47)56-43-25-13-9-21-38(43)39-22-10-14-26-44(39)56/h1-31H. The molecular formula is C51H31N5S. The van der Waals surface area contributed by atoms with Gasteiger partial charge in [-0.3, -0.25) is 0 Å². The van der Waals surface area contributed by atoms with E-state index >= 15 is 0 Å². The molecule has 0 aliphatic carbocycles. The molecule has 0 saturated heterocycles. The highest BCUT2D eigenvalue weighted by Crippen LogP contribution is 2.44. The predicted octanol–water partition coefficient (Wildman–Crippen LogP) is 13.4. The molecule has 266 valence electrons. The van der Waals surface area contributed by atoms with E-state index in [-0.39, 0.29) is 0 Å². The smallest absolute Gasteiger partial charge is 0.164 e. The highest BCUT2D eigenvalue weighted by Gasteiger charge is 2.21. The Morgan fingerprint density at radius 1 is 0.333 bits per heavy atom. The van der Waals surface area contributed by atoms with Gasteiger partial charge < -0.3 is 9.13 Å². The molecule has 0 spiro atoms. The summed E-state index contributed by atoms with van der Waals surface area (Å²) in [4.78, 5) is 15.1. The first-order chi connectivity index (χ1) is 28.3. The average Bonchev–Trinajstić information content (AvgIpc) is 3.94. The second kappa shape index (κ2) is 12.6. The largest absolute Gasteiger partial charge is 0.309 e. The first kappa shape index (κ1) is 31.9. The summed E-state index contributed by atoms with van der Waals surface area (Å²) in [6.45, 7) is 0. The summed E-state index contributed by atoms with van der Waals surface area (Å²) in [5, 5.41) is 7.39. The van der Waals surface area contributed by atoms with Crippen LogP contribution in [0, 0.1) is 0 Å². The molecule has 0 bridgehead atoms. The number of rotatable bonds is 5. The van der Waals surface area contributed by atoms with Gasteiger partial charge >= 0.3 is 0 Å². The SMILES string of the molecule is c1ccc(-c2nc(-c3ccccc3)nc(-c3ccc4c(c3)sc3cc(-n5c6ccccc6c6ccccc65)cc(-n5c6ccccc6c6ccccc65)c34)n2)cc1. The van der Waals surface area contributed by atoms with Crippen molar-refractivity contribution in [2.24, 2.45) is 0 Å². The van der Waals surface area contributed by atoms with Gasteiger partial charge in [0.1, 0.15) is 0 Å². The summed E-state index contributed by atoms with van der Waals surface area (Å²) < 4.78 is 7.28. The van der Waals surface area contributed by atoms with Crippen molar-refractivity contribution in [3.05, 3.63) is 188 Å². The Balaban J connectivity index is 1.15. The quantitative estimate of drug-likeness (QED) is 0.176. The van der Waals surface area contributed by atoms with Crippen LogP contribution in [-0.4, -0.2) is 24.1 Å². The van der Waals surface area contributed by atoms with Crippen molar-refractivity contribution in [1.82, 2.24) is 24.1 Å². The van der Waals surface area contributed by atoms with Gasteiger partial charge in [0.2, 0.25) is 0 Å². The Hall–Kier alpha value is -7.41. The number of aromatic nitrogens is 5. The zero-order chi connectivity index (χ0) is 37.5. The van der Waals surface area contributed by atoms with Crippen molar-refractivity contribution in [2.75, 3.05) is 0 Å². The normalized spacial score (nSPS) is 11.9. The van der Waals surface area contributed by atoms with E-state index in [1.807, 2.05) is 72.0 Å². The zero-order valence-electron chi connectivity index (χ0n) is 30.5. The minimum atomic E-state index is 0.649. The Bertz CT molecular complexity index is 3360. The van der Waals surface area contributed by atoms with Crippen molar-refractivity contribution >= 4 is 75.1 Å². The maximum Gasteiger partial charge on any atom is 0.164 e. The van der Waals surface area contributed by atoms with E-state index in [1.54, 1.807) is 0 Å². The van der Waals surface area contributed by atoms with Crippen LogP contribution in [0.5, 0.6) is 0 Å². The minimum Gasteiger partial charge on any atom is -0.309 e. The fourth-order valence-electron chi connectivity index (χ4n) is 8.63. The molecule has 12 rings (SSSR count). The van der Waals surface area contributed by atoms with E-state index in [0.29, 0.717) is 17.5 Å². The summed E-state index contributed by atoms with van der Waals surface area (Å²) in [5.41, 5.74) is 9.88. The summed E-state index contributed by atoms with van der Waals surface area (Å²) >= 11 is 1.82. The van der Waals surface area contributed by atoms with Gasteiger partial charge in [0.15, 0.2) is 17.5 Å². The summed E-state index contributed by atoms with van der Waals surface area (Å²) in [5.74, 6) is 1.95. The lowest BCUT2D eigenvalue weighted by molar-refractivity contribution is 1.07. The number of fused-ring (bicyclic) bond motifs is 9. The van der Waals surface area contributed by atoms with Crippen LogP contribution in [-0.2, 0) is 0 Å². The van der Waals surface area contributed by atoms with Crippen molar-refractivity contribution in [3.63, 3.8) is 0 Å². The van der Waals surface area contributed by atoms with Crippen LogP contribution in [0.1, 0.15) is 0 Å². The van der Waals surface area contributed by atoms with Gasteiger partial charge in [0.25, 0.3) is 0 Å². The third kappa shape index (κ3) is 4.98. The van der Waals surface area contributed by atoms with Crippen LogP contribution in [0.25, 0.3) is 109 Å². The lowest BCUT2D eigenvalue weighted by Crippen LogP contribution is -2.00. The van der Waals surface area contributed by atoms with Gasteiger partial charge in [-0.2, -0.15) is 0 Å². The summed E-state index contributed by atoms with van der Waals surface area (Å²) in [7, 11) is 0. The fourth-order valence-corrected chi connectivity index (χ4v) is 9.83. The van der Waals surface area contributed by atoms with Gasteiger partial charge in [-0.25, -0.2) is 15.0 Å². The third-order valence-electron chi connectivity index (χ3n) is 11.2. The van der Waals surface area contributed by atoms with Crippen LogP contribution in [0.3, 0.4) is 0 Å². The number of hydrogen-bond acceptors (Lipinski definition) is 4. The second-order valence-corrected chi connectivity index (χ2v) is 15.5. The fraction of sp³-hybridized carbons (Fsp3) is 0. The Labute approximate surface area is 331 Å². The maximum atomic E-state index is 5.07. The van der Waals surface area contributed by atoms with Crippen molar-refractivity contribution in [1.29, 1.82) is 0 Å². The molecule has 57 heavy (non-hydrogen) atoms. The molecular weight excluding hydrogens is 715 g/mol. The van der Waals surface area contributed by atoms with Crippen molar-refractivity contribution in [3.8, 4) is 45.5 Å². The lowest BCUT2D eigenvalue weighted by Gasteiger charge is -2.15. The van der Waals surface area contributed by atoms with E-state index in [1.165, 1.54) is 63.8 Å². The molecule has 0 atom stereocenters. The molecule has 8 aromatic carbocycles. The van der Waals surface area contributed by atoms with Gasteiger partial charge in [0.05, 0.1) is 27.8 Å². The van der Waals surface area contributed by atoms with Crippen LogP contribution < -0.4 is 0 Å². The molecule has 4 aromatic heterocycles. The predicted molar refractivity (Wildman–Crippen MR) is 238 cm³/mol. The Kier molecular flexibility index (Phi) is 7.03. The molecule has 0 saturated carbocycles. The highest BCUT2D eigenvalue weighted by molar-refractivity contribution is 7.26. The van der Waals surface area contributed by atoms with Crippen LogP contribution >= 0.6 is 11.3 Å². The van der Waals surface area contributed by atoms with Crippen LogP contribution in [0.4, 0.5) is 0 Å². The molecule has 0 N–H and O–H groups in total. The second-order valence-electron chi connectivity index (χ2n) is 14.4. The van der Waals surface area contributed by atoms with Crippen LogP contribution in [0.15, 0.2) is 188 Å². The monoisotopic (exact) mass is 745 g/mol. The topological polar surface area (TPSA) is 48.5 Å². The maximum absolute atomic E-state index is 5.07. The number of hydrogen-bond donors (Lipinski definition) is 0. The van der Waals surface area contributed by atoms with Gasteiger partial charge in [0, 0.05) is 64.1 Å². The molecule has 0 radical (unpaired) electrons. The van der Waals surface area contributed by atoms with Crippen molar-refractivity contribution in [2.45, 2.75) is 0 Å². The molecule has 5 nitrogen and oxygen atoms in total. The number of nitrogens with zero attached hydrogens (tertiary/aromatic N) is 5. The Morgan fingerprint density at radius 3 is 1.28 bits per heavy atom. The number of para-hydroxylation sites is 4. The van der Waals surface area contributed by atoms with Crippen LogP contribution in [0.2, 0.25) is 0 Å². The first-order valence-corrected chi connectivity index (χ1v) is 19.9. The molecule has 6 heteroatoms. The number of thiophene rings is 1.